The molecule has 5 rings (SSSR count). The van der Waals surface area contributed by atoms with Gasteiger partial charge in [0.1, 0.15) is 5.69 Å². The lowest BCUT2D eigenvalue weighted by molar-refractivity contribution is 0.0730. The maximum Gasteiger partial charge on any atom is 0.273 e. The number of aromatic amines is 1. The van der Waals surface area contributed by atoms with Crippen molar-refractivity contribution in [3.8, 4) is 11.3 Å². The van der Waals surface area contributed by atoms with Crippen LogP contribution in [0.25, 0.3) is 11.3 Å². The molecule has 6 heteroatoms. The summed E-state index contributed by atoms with van der Waals surface area (Å²) in [5, 5.41) is 8.73. The Morgan fingerprint density at radius 1 is 0.968 bits per heavy atom. The zero-order chi connectivity index (χ0) is 21.5. The molecule has 0 aliphatic carbocycles. The number of aryl methyl sites for hydroxylation is 1. The molecular formula is C25H19Cl2N3O. The van der Waals surface area contributed by atoms with Crippen molar-refractivity contribution in [2.75, 3.05) is 0 Å². The number of aromatic nitrogens is 2. The zero-order valence-electron chi connectivity index (χ0n) is 16.8. The highest BCUT2D eigenvalue weighted by molar-refractivity contribution is 6.31. The Balaban J connectivity index is 1.65. The summed E-state index contributed by atoms with van der Waals surface area (Å²) in [7, 11) is 0. The number of hydrogen-bond donors (Lipinski definition) is 1. The van der Waals surface area contributed by atoms with E-state index in [1.807, 2.05) is 60.4 Å². The van der Waals surface area contributed by atoms with E-state index < -0.39 is 0 Å². The second-order valence-corrected chi connectivity index (χ2v) is 8.55. The lowest BCUT2D eigenvalue weighted by atomic mass is 9.96. The summed E-state index contributed by atoms with van der Waals surface area (Å²) in [4.78, 5) is 15.3. The second-order valence-electron chi connectivity index (χ2n) is 7.71. The lowest BCUT2D eigenvalue weighted by Gasteiger charge is -2.27. The van der Waals surface area contributed by atoms with E-state index in [4.69, 9.17) is 23.2 Å². The van der Waals surface area contributed by atoms with Crippen LogP contribution in [0.3, 0.4) is 0 Å². The fourth-order valence-electron chi connectivity index (χ4n) is 4.10. The number of benzene rings is 3. The van der Waals surface area contributed by atoms with E-state index in [-0.39, 0.29) is 11.9 Å². The number of halogens is 2. The predicted molar refractivity (Wildman–Crippen MR) is 123 cm³/mol. The molecular weight excluding hydrogens is 429 g/mol. The van der Waals surface area contributed by atoms with Crippen LogP contribution in [-0.4, -0.2) is 21.0 Å². The second kappa shape index (κ2) is 7.88. The molecule has 4 aromatic rings. The molecule has 0 saturated carbocycles. The number of carbonyl (C=O) groups excluding carboxylic acids is 1. The van der Waals surface area contributed by atoms with Crippen molar-refractivity contribution in [2.24, 2.45) is 0 Å². The van der Waals surface area contributed by atoms with E-state index in [0.29, 0.717) is 22.3 Å². The number of carbonyl (C=O) groups is 1. The van der Waals surface area contributed by atoms with Crippen LogP contribution >= 0.6 is 23.2 Å². The Bertz CT molecular complexity index is 1260. The molecule has 0 saturated heterocycles. The number of nitrogens with zero attached hydrogens (tertiary/aromatic N) is 2. The van der Waals surface area contributed by atoms with Gasteiger partial charge in [-0.25, -0.2) is 0 Å². The van der Waals surface area contributed by atoms with Gasteiger partial charge in [0.15, 0.2) is 0 Å². The summed E-state index contributed by atoms with van der Waals surface area (Å²) in [5.74, 6) is -0.0896. The van der Waals surface area contributed by atoms with E-state index in [0.717, 1.165) is 27.9 Å². The van der Waals surface area contributed by atoms with Crippen LogP contribution in [0.5, 0.6) is 0 Å². The summed E-state index contributed by atoms with van der Waals surface area (Å²) in [5.41, 5.74) is 6.08. The predicted octanol–water partition coefficient (Wildman–Crippen LogP) is 6.44. The van der Waals surface area contributed by atoms with Crippen LogP contribution in [0.2, 0.25) is 10.0 Å². The van der Waals surface area contributed by atoms with Crippen molar-refractivity contribution in [1.29, 1.82) is 0 Å². The number of H-pyrrole nitrogens is 1. The SMILES string of the molecule is Cc1ccc(CN2C(=O)c3[nH]nc(-c4ccc(Cl)cc4)c3C2c2ccccc2Cl)cc1. The Hall–Kier alpha value is -3.08. The molecule has 1 amide bonds. The molecule has 31 heavy (non-hydrogen) atoms. The highest BCUT2D eigenvalue weighted by Gasteiger charge is 2.42. The molecule has 154 valence electrons. The first-order chi connectivity index (χ1) is 15.0. The first-order valence-electron chi connectivity index (χ1n) is 9.98. The van der Waals surface area contributed by atoms with Gasteiger partial charge < -0.3 is 4.90 Å². The molecule has 3 aromatic carbocycles. The van der Waals surface area contributed by atoms with Gasteiger partial charge in [0.25, 0.3) is 5.91 Å². The van der Waals surface area contributed by atoms with Gasteiger partial charge in [-0.15, -0.1) is 0 Å². The van der Waals surface area contributed by atoms with Crippen LogP contribution in [0, 0.1) is 6.92 Å². The smallest absolute Gasteiger partial charge is 0.273 e. The quantitative estimate of drug-likeness (QED) is 0.391. The summed E-state index contributed by atoms with van der Waals surface area (Å²) < 4.78 is 0. The third kappa shape index (κ3) is 3.52. The lowest BCUT2D eigenvalue weighted by Crippen LogP contribution is -2.29. The Labute approximate surface area is 190 Å². The normalized spacial score (nSPS) is 15.4. The highest BCUT2D eigenvalue weighted by Crippen LogP contribution is 2.45. The molecule has 0 spiro atoms. The maximum atomic E-state index is 13.5. The number of amides is 1. The number of nitrogens with one attached hydrogen (secondary N) is 1. The molecule has 1 aromatic heterocycles. The monoisotopic (exact) mass is 447 g/mol. The molecule has 1 aliphatic heterocycles. The fourth-order valence-corrected chi connectivity index (χ4v) is 4.46. The van der Waals surface area contributed by atoms with E-state index >= 15 is 0 Å². The van der Waals surface area contributed by atoms with E-state index in [9.17, 15) is 4.79 Å². The molecule has 1 aliphatic rings. The zero-order valence-corrected chi connectivity index (χ0v) is 18.3. The van der Waals surface area contributed by atoms with Gasteiger partial charge in [0.2, 0.25) is 0 Å². The van der Waals surface area contributed by atoms with Crippen LogP contribution in [0.4, 0.5) is 0 Å². The maximum absolute atomic E-state index is 13.5. The van der Waals surface area contributed by atoms with E-state index in [1.54, 1.807) is 0 Å². The van der Waals surface area contributed by atoms with Gasteiger partial charge in [-0.05, 0) is 36.2 Å². The number of hydrogen-bond acceptors (Lipinski definition) is 2. The largest absolute Gasteiger partial charge is 0.322 e. The average Bonchev–Trinajstić information content (AvgIpc) is 3.31. The van der Waals surface area contributed by atoms with Gasteiger partial charge in [-0.3, -0.25) is 9.89 Å². The minimum absolute atomic E-state index is 0.0896. The first-order valence-corrected chi connectivity index (χ1v) is 10.7. The van der Waals surface area contributed by atoms with Gasteiger partial charge in [0.05, 0.1) is 11.7 Å². The highest BCUT2D eigenvalue weighted by atomic mass is 35.5. The molecule has 1 atom stereocenters. The minimum atomic E-state index is -0.345. The molecule has 0 bridgehead atoms. The summed E-state index contributed by atoms with van der Waals surface area (Å²) >= 11 is 12.7. The number of fused-ring (bicyclic) bond motifs is 1. The Morgan fingerprint density at radius 2 is 1.68 bits per heavy atom. The molecule has 0 fully saturated rings. The standard InChI is InChI=1S/C25H19Cl2N3O/c1-15-6-8-16(9-7-15)14-30-24(19-4-2-3-5-20(19)27)21-22(28-29-23(21)25(30)31)17-10-12-18(26)13-11-17/h2-13,24H,14H2,1H3,(H,28,29). The van der Waals surface area contributed by atoms with Crippen molar-refractivity contribution >= 4 is 29.1 Å². The van der Waals surface area contributed by atoms with Crippen LogP contribution in [0.15, 0.2) is 72.8 Å². The van der Waals surface area contributed by atoms with Gasteiger partial charge in [-0.2, -0.15) is 5.10 Å². The Morgan fingerprint density at radius 3 is 2.39 bits per heavy atom. The summed E-state index contributed by atoms with van der Waals surface area (Å²) in [6, 6.07) is 23.0. The van der Waals surface area contributed by atoms with Gasteiger partial charge in [0, 0.05) is 27.7 Å². The number of rotatable bonds is 4. The minimum Gasteiger partial charge on any atom is -0.322 e. The summed E-state index contributed by atoms with van der Waals surface area (Å²) in [6.07, 6.45) is 0. The fraction of sp³-hybridized carbons (Fsp3) is 0.120. The van der Waals surface area contributed by atoms with Crippen molar-refractivity contribution in [2.45, 2.75) is 19.5 Å². The first kappa shape index (κ1) is 19.9. The third-order valence-electron chi connectivity index (χ3n) is 5.65. The van der Waals surface area contributed by atoms with Crippen LogP contribution < -0.4 is 0 Å². The van der Waals surface area contributed by atoms with Gasteiger partial charge >= 0.3 is 0 Å². The molecule has 0 radical (unpaired) electrons. The summed E-state index contributed by atoms with van der Waals surface area (Å²) in [6.45, 7) is 2.52. The van der Waals surface area contributed by atoms with E-state index in [1.165, 1.54) is 5.56 Å². The molecule has 2 heterocycles. The van der Waals surface area contributed by atoms with Crippen molar-refractivity contribution in [3.05, 3.63) is 111 Å². The van der Waals surface area contributed by atoms with Crippen molar-refractivity contribution in [1.82, 2.24) is 15.1 Å². The Kier molecular flexibility index (Phi) is 5.05. The van der Waals surface area contributed by atoms with Crippen molar-refractivity contribution in [3.63, 3.8) is 0 Å². The molecule has 4 nitrogen and oxygen atoms in total. The topological polar surface area (TPSA) is 49.0 Å². The van der Waals surface area contributed by atoms with Crippen LogP contribution in [-0.2, 0) is 6.54 Å². The average molecular weight is 448 g/mol. The van der Waals surface area contributed by atoms with Crippen LogP contribution in [0.1, 0.15) is 38.8 Å². The van der Waals surface area contributed by atoms with Gasteiger partial charge in [-0.1, -0.05) is 83.4 Å². The third-order valence-corrected chi connectivity index (χ3v) is 6.25. The molecule has 1 N–H and O–H groups in total. The molecule has 1 unspecified atom stereocenters. The van der Waals surface area contributed by atoms with Crippen molar-refractivity contribution < 1.29 is 4.79 Å². The van der Waals surface area contributed by atoms with E-state index in [2.05, 4.69) is 34.5 Å².